The van der Waals surface area contributed by atoms with E-state index in [0.717, 1.165) is 51.4 Å². The summed E-state index contributed by atoms with van der Waals surface area (Å²) in [6, 6.07) is 0. The highest BCUT2D eigenvalue weighted by atomic mass is 31.2. The molecule has 14 heteroatoms. The van der Waals surface area contributed by atoms with Crippen molar-refractivity contribution in [2.75, 3.05) is 13.2 Å². The molecule has 13 nitrogen and oxygen atoms in total. The van der Waals surface area contributed by atoms with Crippen molar-refractivity contribution in [3.8, 4) is 0 Å². The fourth-order valence-corrected chi connectivity index (χ4v) is 7.90. The number of ether oxygens (including phenoxy) is 2. The van der Waals surface area contributed by atoms with Crippen molar-refractivity contribution in [2.45, 2.75) is 236 Å². The molecule has 1 rings (SSSR count). The summed E-state index contributed by atoms with van der Waals surface area (Å²) >= 11 is 0. The van der Waals surface area contributed by atoms with Crippen LogP contribution in [0.4, 0.5) is 0 Å². The van der Waals surface area contributed by atoms with Crippen molar-refractivity contribution in [3.63, 3.8) is 0 Å². The zero-order valence-electron chi connectivity index (χ0n) is 35.4. The molecule has 0 aliphatic heterocycles. The van der Waals surface area contributed by atoms with Gasteiger partial charge in [-0.3, -0.25) is 18.6 Å². The molecule has 0 heterocycles. The molecule has 6 N–H and O–H groups in total. The lowest BCUT2D eigenvalue weighted by Crippen LogP contribution is -2.64. The minimum Gasteiger partial charge on any atom is -0.462 e. The Bertz CT molecular complexity index is 1060. The second-order valence-corrected chi connectivity index (χ2v) is 17.3. The Balaban J connectivity index is 2.46. The molecule has 57 heavy (non-hydrogen) atoms. The fraction of sp³-hybridized carbons (Fsp3) is 0.907. The molecule has 0 bridgehead atoms. The number of rotatable bonds is 37. The van der Waals surface area contributed by atoms with E-state index in [1.807, 2.05) is 0 Å². The Morgan fingerprint density at radius 1 is 0.526 bits per heavy atom. The molecule has 0 aromatic heterocycles. The number of carbonyl (C=O) groups excluding carboxylic acids is 2. The van der Waals surface area contributed by atoms with Gasteiger partial charge < -0.3 is 39.9 Å². The predicted octanol–water partition coefficient (Wildman–Crippen LogP) is 8.28. The van der Waals surface area contributed by atoms with Crippen LogP contribution in [0.2, 0.25) is 0 Å². The fourth-order valence-electron chi connectivity index (χ4n) is 6.93. The van der Waals surface area contributed by atoms with Crippen LogP contribution < -0.4 is 0 Å². The molecule has 1 fully saturated rings. The number of carbonyl (C=O) groups is 2. The van der Waals surface area contributed by atoms with Crippen LogP contribution in [-0.4, -0.2) is 98.3 Å². The van der Waals surface area contributed by atoms with E-state index in [1.54, 1.807) is 0 Å². The van der Waals surface area contributed by atoms with E-state index in [2.05, 4.69) is 26.0 Å². The Kier molecular flexibility index (Phi) is 32.3. The van der Waals surface area contributed by atoms with Gasteiger partial charge in [0.25, 0.3) is 0 Å². The maximum Gasteiger partial charge on any atom is 0.472 e. The molecule has 6 unspecified atom stereocenters. The molecule has 1 aliphatic rings. The smallest absolute Gasteiger partial charge is 0.462 e. The van der Waals surface area contributed by atoms with Crippen LogP contribution in [-0.2, 0) is 32.7 Å². The van der Waals surface area contributed by atoms with E-state index in [4.69, 9.17) is 18.5 Å². The van der Waals surface area contributed by atoms with Gasteiger partial charge in [0, 0.05) is 12.8 Å². The van der Waals surface area contributed by atoms with Gasteiger partial charge >= 0.3 is 19.8 Å². The molecule has 0 spiro atoms. The Hall–Kier alpha value is -1.41. The van der Waals surface area contributed by atoms with Gasteiger partial charge in [0.05, 0.1) is 6.61 Å². The van der Waals surface area contributed by atoms with Crippen molar-refractivity contribution >= 4 is 19.8 Å². The van der Waals surface area contributed by atoms with Gasteiger partial charge in [-0.2, -0.15) is 0 Å². The summed E-state index contributed by atoms with van der Waals surface area (Å²) in [5.74, 6) is -1.10. The standard InChI is InChI=1S/C43H81O13P/c1-3-5-7-9-11-13-15-16-17-18-19-20-22-24-26-28-30-32-37(45)55-35(33-53-36(44)31-29-27-25-23-21-14-12-10-8-6-4-2)34-54-57(51,52)56-43-41(49)39(47)38(46)40(48)42(43)50/h16-17,35,38-43,46-50H,3-15,18-34H2,1-2H3,(H,51,52)/b17-16-/t35-,38?,39-,40?,41?,42?,43?/m1/s1. The number of phosphoric acid groups is 1. The van der Waals surface area contributed by atoms with Crippen LogP contribution >= 0.6 is 7.82 Å². The second-order valence-electron chi connectivity index (χ2n) is 15.9. The zero-order valence-corrected chi connectivity index (χ0v) is 36.3. The first-order chi connectivity index (χ1) is 27.4. The highest BCUT2D eigenvalue weighted by molar-refractivity contribution is 7.47. The van der Waals surface area contributed by atoms with Crippen LogP contribution in [0.15, 0.2) is 12.2 Å². The topological polar surface area (TPSA) is 210 Å². The Morgan fingerprint density at radius 2 is 0.895 bits per heavy atom. The quantitative estimate of drug-likeness (QED) is 0.0151. The van der Waals surface area contributed by atoms with Gasteiger partial charge in [0.15, 0.2) is 6.10 Å². The van der Waals surface area contributed by atoms with Gasteiger partial charge in [0.2, 0.25) is 0 Å². The summed E-state index contributed by atoms with van der Waals surface area (Å²) in [7, 11) is -5.11. The van der Waals surface area contributed by atoms with Crippen molar-refractivity contribution in [1.82, 2.24) is 0 Å². The molecular formula is C43H81O13P. The molecule has 1 saturated carbocycles. The van der Waals surface area contributed by atoms with E-state index in [9.17, 15) is 44.6 Å². The van der Waals surface area contributed by atoms with Crippen LogP contribution in [0.25, 0.3) is 0 Å². The number of aliphatic hydroxyl groups excluding tert-OH is 5. The van der Waals surface area contributed by atoms with Crippen molar-refractivity contribution in [1.29, 1.82) is 0 Å². The predicted molar refractivity (Wildman–Crippen MR) is 221 cm³/mol. The third-order valence-electron chi connectivity index (χ3n) is 10.6. The lowest BCUT2D eigenvalue weighted by Gasteiger charge is -2.41. The Morgan fingerprint density at radius 3 is 1.33 bits per heavy atom. The summed E-state index contributed by atoms with van der Waals surface area (Å²) in [5, 5.41) is 50.1. The largest absolute Gasteiger partial charge is 0.472 e. The number of esters is 2. The van der Waals surface area contributed by atoms with Crippen LogP contribution in [0.5, 0.6) is 0 Å². The minimum absolute atomic E-state index is 0.0957. The lowest BCUT2D eigenvalue weighted by molar-refractivity contribution is -0.220. The molecule has 0 aromatic carbocycles. The SMILES string of the molecule is CCCCCCCC/C=C\CCCCCCCCCC(=O)O[C@H](COC(=O)CCCCCCCCCCCCC)COP(=O)(O)OC1C(O)C(O)C(O)[C@@H](O)C1O. The molecule has 0 radical (unpaired) electrons. The zero-order chi connectivity index (χ0) is 42.2. The average molecular weight is 837 g/mol. The van der Waals surface area contributed by atoms with Crippen LogP contribution in [0.1, 0.15) is 194 Å². The van der Waals surface area contributed by atoms with Gasteiger partial charge in [-0.15, -0.1) is 0 Å². The average Bonchev–Trinajstić information content (AvgIpc) is 3.19. The monoisotopic (exact) mass is 837 g/mol. The Labute approximate surface area is 343 Å². The maximum atomic E-state index is 12.8. The molecule has 0 saturated heterocycles. The van der Waals surface area contributed by atoms with E-state index in [-0.39, 0.29) is 12.8 Å². The first-order valence-electron chi connectivity index (χ1n) is 22.5. The number of aliphatic hydroxyl groups is 5. The minimum atomic E-state index is -5.11. The summed E-state index contributed by atoms with van der Waals surface area (Å²) in [6.45, 7) is 3.28. The summed E-state index contributed by atoms with van der Waals surface area (Å²) in [4.78, 5) is 35.6. The summed E-state index contributed by atoms with van der Waals surface area (Å²) in [5.41, 5.74) is 0. The maximum absolute atomic E-state index is 12.8. The molecule has 0 amide bonds. The van der Waals surface area contributed by atoms with Crippen LogP contribution in [0, 0.1) is 0 Å². The van der Waals surface area contributed by atoms with Gasteiger partial charge in [-0.25, -0.2) is 4.57 Å². The van der Waals surface area contributed by atoms with Gasteiger partial charge in [0.1, 0.15) is 43.2 Å². The van der Waals surface area contributed by atoms with E-state index >= 15 is 0 Å². The summed E-state index contributed by atoms with van der Waals surface area (Å²) in [6.07, 6.45) is 21.3. The van der Waals surface area contributed by atoms with Crippen molar-refractivity contribution in [3.05, 3.63) is 12.2 Å². The number of phosphoric ester groups is 1. The molecule has 8 atom stereocenters. The highest BCUT2D eigenvalue weighted by Gasteiger charge is 2.51. The molecule has 336 valence electrons. The number of hydrogen-bond acceptors (Lipinski definition) is 12. The summed E-state index contributed by atoms with van der Waals surface area (Å²) < 4.78 is 33.5. The number of unbranched alkanes of at least 4 members (excludes halogenated alkanes) is 23. The van der Waals surface area contributed by atoms with Crippen LogP contribution in [0.3, 0.4) is 0 Å². The normalized spacial score (nSPS) is 22.7. The first-order valence-corrected chi connectivity index (χ1v) is 24.0. The van der Waals surface area contributed by atoms with E-state index in [0.29, 0.717) is 12.8 Å². The second kappa shape index (κ2) is 34.3. The van der Waals surface area contributed by atoms with E-state index in [1.165, 1.54) is 103 Å². The first kappa shape index (κ1) is 53.6. The number of hydrogen-bond donors (Lipinski definition) is 6. The van der Waals surface area contributed by atoms with Gasteiger partial charge in [-0.1, -0.05) is 154 Å². The molecule has 1 aliphatic carbocycles. The van der Waals surface area contributed by atoms with Crippen molar-refractivity contribution < 1.29 is 63.1 Å². The van der Waals surface area contributed by atoms with Gasteiger partial charge in [-0.05, 0) is 38.5 Å². The highest BCUT2D eigenvalue weighted by Crippen LogP contribution is 2.47. The lowest BCUT2D eigenvalue weighted by atomic mass is 9.85. The van der Waals surface area contributed by atoms with Crippen molar-refractivity contribution in [2.24, 2.45) is 0 Å². The molecular weight excluding hydrogens is 755 g/mol. The van der Waals surface area contributed by atoms with E-state index < -0.39 is 75.7 Å². The number of allylic oxidation sites excluding steroid dienone is 2. The third kappa shape index (κ3) is 27.1. The molecule has 0 aromatic rings. The third-order valence-corrected chi connectivity index (χ3v) is 11.6.